The Labute approximate surface area is 107 Å². The summed E-state index contributed by atoms with van der Waals surface area (Å²) in [5.41, 5.74) is 0. The second kappa shape index (κ2) is 8.06. The molecule has 0 bridgehead atoms. The molecule has 3 unspecified atom stereocenters. The lowest BCUT2D eigenvalue weighted by atomic mass is 10.1. The molecule has 1 aliphatic heterocycles. The molecule has 0 aromatic carbocycles. The van der Waals surface area contributed by atoms with Crippen LogP contribution in [0.1, 0.15) is 40.0 Å². The first-order valence-corrected chi connectivity index (χ1v) is 7.19. The summed E-state index contributed by atoms with van der Waals surface area (Å²) in [5.74, 6) is 0.742. The second-order valence-electron chi connectivity index (χ2n) is 5.31. The fraction of sp³-hybridized carbons (Fsp3) is 1.00. The molecule has 1 fully saturated rings. The molecular weight excluding hydrogens is 212 g/mol. The average molecular weight is 242 g/mol. The van der Waals surface area contributed by atoms with E-state index in [1.807, 2.05) is 7.11 Å². The van der Waals surface area contributed by atoms with Crippen molar-refractivity contribution in [3.05, 3.63) is 0 Å². The molecule has 1 rings (SSSR count). The number of rotatable bonds is 8. The number of hydrogen-bond acceptors (Lipinski definition) is 3. The fourth-order valence-corrected chi connectivity index (χ4v) is 2.84. The number of nitrogens with zero attached hydrogens (tertiary/aromatic N) is 1. The van der Waals surface area contributed by atoms with Gasteiger partial charge in [-0.05, 0) is 45.2 Å². The minimum Gasteiger partial charge on any atom is -0.384 e. The van der Waals surface area contributed by atoms with Crippen LogP contribution in [0.25, 0.3) is 0 Å². The summed E-state index contributed by atoms with van der Waals surface area (Å²) in [6.45, 7) is 11.4. The lowest BCUT2D eigenvalue weighted by Gasteiger charge is -2.32. The number of likely N-dealkylation sites (tertiary alicyclic amines) is 1. The summed E-state index contributed by atoms with van der Waals surface area (Å²) >= 11 is 0. The standard InChI is InChI=1S/C14H30N2O/c1-5-8-15-14(6-2)12(3)16-9-7-13(10-16)11-17-4/h12-15H,5-11H2,1-4H3. The highest BCUT2D eigenvalue weighted by Crippen LogP contribution is 2.20. The molecule has 0 amide bonds. The van der Waals surface area contributed by atoms with Crippen molar-refractivity contribution < 1.29 is 4.74 Å². The van der Waals surface area contributed by atoms with Crippen molar-refractivity contribution in [2.24, 2.45) is 5.92 Å². The number of hydrogen-bond donors (Lipinski definition) is 1. The molecule has 1 aliphatic rings. The van der Waals surface area contributed by atoms with E-state index >= 15 is 0 Å². The van der Waals surface area contributed by atoms with E-state index in [9.17, 15) is 0 Å². The van der Waals surface area contributed by atoms with Crippen molar-refractivity contribution in [2.45, 2.75) is 52.1 Å². The molecule has 0 saturated carbocycles. The summed E-state index contributed by atoms with van der Waals surface area (Å²) in [6.07, 6.45) is 3.73. The zero-order valence-electron chi connectivity index (χ0n) is 12.0. The first kappa shape index (κ1) is 14.9. The lowest BCUT2D eigenvalue weighted by Crippen LogP contribution is -2.47. The fourth-order valence-electron chi connectivity index (χ4n) is 2.84. The Balaban J connectivity index is 2.37. The monoisotopic (exact) mass is 242 g/mol. The van der Waals surface area contributed by atoms with Crippen molar-refractivity contribution in [3.63, 3.8) is 0 Å². The highest BCUT2D eigenvalue weighted by Gasteiger charge is 2.29. The number of ether oxygens (including phenoxy) is 1. The third-order valence-corrected chi connectivity index (χ3v) is 3.97. The second-order valence-corrected chi connectivity index (χ2v) is 5.31. The number of methoxy groups -OCH3 is 1. The van der Waals surface area contributed by atoms with E-state index in [-0.39, 0.29) is 0 Å². The zero-order chi connectivity index (χ0) is 12.7. The van der Waals surface area contributed by atoms with Gasteiger partial charge in [0.1, 0.15) is 0 Å². The van der Waals surface area contributed by atoms with Crippen LogP contribution in [0, 0.1) is 5.92 Å². The molecule has 3 heteroatoms. The van der Waals surface area contributed by atoms with Gasteiger partial charge in [0.2, 0.25) is 0 Å². The van der Waals surface area contributed by atoms with Crippen LogP contribution in [0.2, 0.25) is 0 Å². The number of nitrogens with one attached hydrogen (secondary N) is 1. The van der Waals surface area contributed by atoms with Gasteiger partial charge in [-0.15, -0.1) is 0 Å². The summed E-state index contributed by atoms with van der Waals surface area (Å²) < 4.78 is 5.26. The third kappa shape index (κ3) is 4.57. The van der Waals surface area contributed by atoms with E-state index in [4.69, 9.17) is 4.74 Å². The minimum absolute atomic E-state index is 0.635. The molecule has 3 nitrogen and oxygen atoms in total. The topological polar surface area (TPSA) is 24.5 Å². The SMILES string of the molecule is CCCNC(CC)C(C)N1CCC(COC)C1. The molecule has 0 aliphatic carbocycles. The van der Waals surface area contributed by atoms with Crippen LogP contribution >= 0.6 is 0 Å². The molecule has 102 valence electrons. The normalized spacial score (nSPS) is 25.1. The predicted molar refractivity (Wildman–Crippen MR) is 73.4 cm³/mol. The van der Waals surface area contributed by atoms with Gasteiger partial charge in [0.05, 0.1) is 6.61 Å². The van der Waals surface area contributed by atoms with Crippen LogP contribution in [0.5, 0.6) is 0 Å². The Morgan fingerprint density at radius 1 is 1.41 bits per heavy atom. The highest BCUT2D eigenvalue weighted by molar-refractivity contribution is 4.85. The molecule has 3 atom stereocenters. The van der Waals surface area contributed by atoms with E-state index in [1.54, 1.807) is 0 Å². The van der Waals surface area contributed by atoms with Crippen molar-refractivity contribution in [1.29, 1.82) is 0 Å². The Bertz CT molecular complexity index is 199. The van der Waals surface area contributed by atoms with Crippen LogP contribution in [0.4, 0.5) is 0 Å². The third-order valence-electron chi connectivity index (χ3n) is 3.97. The largest absolute Gasteiger partial charge is 0.384 e. The van der Waals surface area contributed by atoms with Gasteiger partial charge in [0.25, 0.3) is 0 Å². The summed E-state index contributed by atoms with van der Waals surface area (Å²) in [7, 11) is 1.81. The molecule has 0 radical (unpaired) electrons. The van der Waals surface area contributed by atoms with Gasteiger partial charge < -0.3 is 10.1 Å². The molecule has 1 heterocycles. The first-order valence-electron chi connectivity index (χ1n) is 7.19. The maximum Gasteiger partial charge on any atom is 0.0503 e. The molecule has 0 aromatic heterocycles. The molecule has 1 saturated heterocycles. The summed E-state index contributed by atoms with van der Waals surface area (Å²) in [5, 5.41) is 3.67. The molecule has 0 spiro atoms. The van der Waals surface area contributed by atoms with Crippen molar-refractivity contribution in [1.82, 2.24) is 10.2 Å². The van der Waals surface area contributed by atoms with Crippen LogP contribution in [0.15, 0.2) is 0 Å². The van der Waals surface area contributed by atoms with Crippen molar-refractivity contribution in [3.8, 4) is 0 Å². The first-order chi connectivity index (χ1) is 8.22. The maximum atomic E-state index is 5.26. The minimum atomic E-state index is 0.635. The summed E-state index contributed by atoms with van der Waals surface area (Å²) in [6, 6.07) is 1.28. The quantitative estimate of drug-likeness (QED) is 0.705. The predicted octanol–water partition coefficient (Wildman–Crippen LogP) is 2.12. The van der Waals surface area contributed by atoms with Crippen molar-refractivity contribution >= 4 is 0 Å². The highest BCUT2D eigenvalue weighted by atomic mass is 16.5. The Kier molecular flexibility index (Phi) is 7.09. The van der Waals surface area contributed by atoms with E-state index in [0.717, 1.165) is 19.1 Å². The lowest BCUT2D eigenvalue weighted by molar-refractivity contribution is 0.141. The van der Waals surface area contributed by atoms with E-state index < -0.39 is 0 Å². The Hall–Kier alpha value is -0.120. The Morgan fingerprint density at radius 2 is 2.18 bits per heavy atom. The van der Waals surface area contributed by atoms with E-state index in [1.165, 1.54) is 32.4 Å². The van der Waals surface area contributed by atoms with Gasteiger partial charge in [-0.1, -0.05) is 13.8 Å². The van der Waals surface area contributed by atoms with Gasteiger partial charge in [-0.25, -0.2) is 0 Å². The van der Waals surface area contributed by atoms with E-state index in [2.05, 4.69) is 31.0 Å². The Morgan fingerprint density at radius 3 is 2.76 bits per heavy atom. The zero-order valence-corrected chi connectivity index (χ0v) is 12.0. The molecule has 17 heavy (non-hydrogen) atoms. The summed E-state index contributed by atoms with van der Waals surface area (Å²) in [4.78, 5) is 2.63. The van der Waals surface area contributed by atoms with E-state index in [0.29, 0.717) is 12.1 Å². The van der Waals surface area contributed by atoms with Gasteiger partial charge >= 0.3 is 0 Å². The van der Waals surface area contributed by atoms with Gasteiger partial charge in [0.15, 0.2) is 0 Å². The van der Waals surface area contributed by atoms with Crippen LogP contribution in [-0.4, -0.2) is 50.3 Å². The van der Waals surface area contributed by atoms with Crippen LogP contribution in [-0.2, 0) is 4.74 Å². The smallest absolute Gasteiger partial charge is 0.0503 e. The van der Waals surface area contributed by atoms with Crippen LogP contribution in [0.3, 0.4) is 0 Å². The maximum absolute atomic E-state index is 5.26. The van der Waals surface area contributed by atoms with Gasteiger partial charge in [-0.3, -0.25) is 4.90 Å². The molecule has 1 N–H and O–H groups in total. The van der Waals surface area contributed by atoms with Crippen LogP contribution < -0.4 is 5.32 Å². The van der Waals surface area contributed by atoms with Gasteiger partial charge in [0, 0.05) is 25.7 Å². The molecular formula is C14H30N2O. The molecule has 0 aromatic rings. The van der Waals surface area contributed by atoms with Gasteiger partial charge in [-0.2, -0.15) is 0 Å². The van der Waals surface area contributed by atoms with Crippen molar-refractivity contribution in [2.75, 3.05) is 33.4 Å². The average Bonchev–Trinajstić information content (AvgIpc) is 2.79.